The zero-order chi connectivity index (χ0) is 14.8. The maximum atomic E-state index is 10.3. The molecular weight excluding hydrogens is 262 g/mol. The first-order valence-corrected chi connectivity index (χ1v) is 7.63. The molecule has 0 aliphatic carbocycles. The predicted molar refractivity (Wildman–Crippen MR) is 84.5 cm³/mol. The van der Waals surface area contributed by atoms with Gasteiger partial charge in [0.1, 0.15) is 11.6 Å². The zero-order valence-corrected chi connectivity index (χ0v) is 12.5. The van der Waals surface area contributed by atoms with Gasteiger partial charge in [-0.15, -0.1) is 0 Å². The van der Waals surface area contributed by atoms with Crippen molar-refractivity contribution in [2.24, 2.45) is 5.92 Å². The van der Waals surface area contributed by atoms with Crippen LogP contribution in [0.2, 0.25) is 0 Å². The lowest BCUT2D eigenvalue weighted by Gasteiger charge is -2.30. The highest BCUT2D eigenvalue weighted by Gasteiger charge is 2.33. The summed E-state index contributed by atoms with van der Waals surface area (Å²) in [5, 5.41) is 18.7. The van der Waals surface area contributed by atoms with E-state index >= 15 is 0 Å². The highest BCUT2D eigenvalue weighted by molar-refractivity contribution is 5.99. The summed E-state index contributed by atoms with van der Waals surface area (Å²) in [6.45, 7) is 3.27. The Hall–Kier alpha value is -1.81. The molecule has 4 heteroatoms. The van der Waals surface area contributed by atoms with Gasteiger partial charge in [0, 0.05) is 12.1 Å². The molecule has 2 aliphatic rings. The van der Waals surface area contributed by atoms with Crippen LogP contribution in [0.4, 0.5) is 0 Å². The molecular formula is C17H23N3O. The van der Waals surface area contributed by atoms with Gasteiger partial charge >= 0.3 is 0 Å². The SMILES string of the molecule is CN1CCC(C2=C(O)CN(Cc3ccccc3)C2=N)CC1. The zero-order valence-electron chi connectivity index (χ0n) is 12.5. The molecule has 0 saturated carbocycles. The van der Waals surface area contributed by atoms with Crippen LogP contribution in [-0.2, 0) is 6.54 Å². The van der Waals surface area contributed by atoms with Crippen LogP contribution in [0.5, 0.6) is 0 Å². The van der Waals surface area contributed by atoms with E-state index in [2.05, 4.69) is 24.1 Å². The van der Waals surface area contributed by atoms with Crippen molar-refractivity contribution in [1.29, 1.82) is 5.41 Å². The van der Waals surface area contributed by atoms with Crippen molar-refractivity contribution in [2.75, 3.05) is 26.7 Å². The molecule has 0 spiro atoms. The predicted octanol–water partition coefficient (Wildman–Crippen LogP) is 2.63. The summed E-state index contributed by atoms with van der Waals surface area (Å²) >= 11 is 0. The van der Waals surface area contributed by atoms with Crippen LogP contribution >= 0.6 is 0 Å². The lowest BCUT2D eigenvalue weighted by atomic mass is 9.88. The van der Waals surface area contributed by atoms with Gasteiger partial charge in [-0.25, -0.2) is 0 Å². The number of amidine groups is 1. The first-order valence-electron chi connectivity index (χ1n) is 7.63. The van der Waals surface area contributed by atoms with E-state index in [4.69, 9.17) is 5.41 Å². The number of rotatable bonds is 3. The van der Waals surface area contributed by atoms with Crippen LogP contribution in [0.15, 0.2) is 41.7 Å². The van der Waals surface area contributed by atoms with Gasteiger partial charge in [0.25, 0.3) is 0 Å². The maximum Gasteiger partial charge on any atom is 0.128 e. The van der Waals surface area contributed by atoms with Crippen molar-refractivity contribution < 1.29 is 5.11 Å². The van der Waals surface area contributed by atoms with Crippen molar-refractivity contribution in [1.82, 2.24) is 9.80 Å². The van der Waals surface area contributed by atoms with E-state index in [0.717, 1.165) is 31.5 Å². The molecule has 3 rings (SSSR count). The Labute approximate surface area is 126 Å². The number of aliphatic hydroxyl groups is 1. The molecule has 1 fully saturated rings. The van der Waals surface area contributed by atoms with Gasteiger partial charge in [0.15, 0.2) is 0 Å². The molecule has 0 aromatic heterocycles. The van der Waals surface area contributed by atoms with Crippen molar-refractivity contribution in [3.63, 3.8) is 0 Å². The Morgan fingerprint density at radius 1 is 1.19 bits per heavy atom. The second kappa shape index (κ2) is 5.90. The first kappa shape index (κ1) is 14.1. The highest BCUT2D eigenvalue weighted by atomic mass is 16.3. The van der Waals surface area contributed by atoms with Crippen LogP contribution in [0, 0.1) is 11.3 Å². The topological polar surface area (TPSA) is 50.6 Å². The molecule has 2 aliphatic heterocycles. The third kappa shape index (κ3) is 2.95. The molecule has 4 nitrogen and oxygen atoms in total. The number of nitrogens with one attached hydrogen (secondary N) is 1. The third-order valence-corrected chi connectivity index (χ3v) is 4.57. The smallest absolute Gasteiger partial charge is 0.128 e. The summed E-state index contributed by atoms with van der Waals surface area (Å²) in [6.07, 6.45) is 2.08. The molecule has 112 valence electrons. The van der Waals surface area contributed by atoms with Gasteiger partial charge in [-0.2, -0.15) is 0 Å². The van der Waals surface area contributed by atoms with Gasteiger partial charge in [0.05, 0.1) is 6.54 Å². The van der Waals surface area contributed by atoms with E-state index in [9.17, 15) is 5.11 Å². The average Bonchev–Trinajstić information content (AvgIpc) is 2.76. The fourth-order valence-electron chi connectivity index (χ4n) is 3.32. The van der Waals surface area contributed by atoms with Crippen molar-refractivity contribution in [3.05, 3.63) is 47.2 Å². The standard InChI is InChI=1S/C17H23N3O/c1-19-9-7-14(8-10-19)16-15(21)12-20(17(16)18)11-13-5-3-2-4-6-13/h2-6,14,18,21H,7-12H2,1H3. The number of aliphatic hydroxyl groups excluding tert-OH is 1. The molecule has 21 heavy (non-hydrogen) atoms. The first-order chi connectivity index (χ1) is 10.1. The van der Waals surface area contributed by atoms with Gasteiger partial charge < -0.3 is 14.9 Å². The van der Waals surface area contributed by atoms with E-state index in [1.54, 1.807) is 0 Å². The summed E-state index contributed by atoms with van der Waals surface area (Å²) < 4.78 is 0. The minimum absolute atomic E-state index is 0.342. The van der Waals surface area contributed by atoms with Crippen molar-refractivity contribution in [2.45, 2.75) is 19.4 Å². The molecule has 2 N–H and O–H groups in total. The van der Waals surface area contributed by atoms with Gasteiger partial charge in [-0.3, -0.25) is 5.41 Å². The normalized spacial score (nSPS) is 21.4. The second-order valence-corrected chi connectivity index (χ2v) is 6.13. The Bertz CT molecular complexity index is 544. The fourth-order valence-corrected chi connectivity index (χ4v) is 3.32. The Kier molecular flexibility index (Phi) is 3.97. The lowest BCUT2D eigenvalue weighted by molar-refractivity contribution is 0.237. The van der Waals surface area contributed by atoms with E-state index < -0.39 is 0 Å². The van der Waals surface area contributed by atoms with Gasteiger partial charge in [0.2, 0.25) is 0 Å². The summed E-state index contributed by atoms with van der Waals surface area (Å²) in [5.74, 6) is 1.27. The molecule has 0 radical (unpaired) electrons. The number of hydrogen-bond donors (Lipinski definition) is 2. The Morgan fingerprint density at radius 2 is 1.86 bits per heavy atom. The number of likely N-dealkylation sites (tertiary alicyclic amines) is 1. The van der Waals surface area contributed by atoms with E-state index in [1.807, 2.05) is 23.1 Å². The average molecular weight is 285 g/mol. The highest BCUT2D eigenvalue weighted by Crippen LogP contribution is 2.32. The maximum absolute atomic E-state index is 10.3. The Balaban J connectivity index is 1.69. The molecule has 0 bridgehead atoms. The molecule has 1 saturated heterocycles. The summed E-state index contributed by atoms with van der Waals surface area (Å²) in [7, 11) is 2.13. The number of piperidine rings is 1. The Morgan fingerprint density at radius 3 is 2.52 bits per heavy atom. The van der Waals surface area contributed by atoms with Crippen molar-refractivity contribution in [3.8, 4) is 0 Å². The molecule has 1 aromatic rings. The quantitative estimate of drug-likeness (QED) is 0.897. The molecule has 2 heterocycles. The molecule has 1 aromatic carbocycles. The van der Waals surface area contributed by atoms with E-state index in [0.29, 0.717) is 30.6 Å². The fraction of sp³-hybridized carbons (Fsp3) is 0.471. The minimum Gasteiger partial charge on any atom is -0.510 e. The summed E-state index contributed by atoms with van der Waals surface area (Å²) in [4.78, 5) is 4.28. The monoisotopic (exact) mass is 285 g/mol. The largest absolute Gasteiger partial charge is 0.510 e. The van der Waals surface area contributed by atoms with Gasteiger partial charge in [-0.05, 0) is 44.5 Å². The van der Waals surface area contributed by atoms with Crippen LogP contribution in [0.25, 0.3) is 0 Å². The number of hydrogen-bond acceptors (Lipinski definition) is 3. The third-order valence-electron chi connectivity index (χ3n) is 4.57. The lowest BCUT2D eigenvalue weighted by Crippen LogP contribution is -2.34. The number of nitrogens with zero attached hydrogens (tertiary/aromatic N) is 2. The van der Waals surface area contributed by atoms with Crippen molar-refractivity contribution >= 4 is 5.84 Å². The van der Waals surface area contributed by atoms with E-state index in [-0.39, 0.29) is 0 Å². The van der Waals surface area contributed by atoms with E-state index in [1.165, 1.54) is 5.56 Å². The minimum atomic E-state index is 0.342. The molecule has 0 amide bonds. The van der Waals surface area contributed by atoms with Crippen LogP contribution in [0.3, 0.4) is 0 Å². The number of benzene rings is 1. The summed E-state index contributed by atoms with van der Waals surface area (Å²) in [6, 6.07) is 10.2. The van der Waals surface area contributed by atoms with Gasteiger partial charge in [-0.1, -0.05) is 30.3 Å². The summed E-state index contributed by atoms with van der Waals surface area (Å²) in [5.41, 5.74) is 2.07. The van der Waals surface area contributed by atoms with Crippen LogP contribution in [0.1, 0.15) is 18.4 Å². The molecule has 0 unspecified atom stereocenters. The second-order valence-electron chi connectivity index (χ2n) is 6.13. The van der Waals surface area contributed by atoms with Crippen LogP contribution in [-0.4, -0.2) is 47.4 Å². The van der Waals surface area contributed by atoms with Crippen LogP contribution < -0.4 is 0 Å². The molecule has 0 atom stereocenters.